The summed E-state index contributed by atoms with van der Waals surface area (Å²) in [7, 11) is 0. The van der Waals surface area contributed by atoms with Crippen LogP contribution in [0, 0.1) is 0 Å². The van der Waals surface area contributed by atoms with Gasteiger partial charge in [0.1, 0.15) is 6.54 Å². The molecule has 0 saturated carbocycles. The number of carbonyl (C=O) groups excluding carboxylic acids is 1. The fraction of sp³-hybridized carbons (Fsp3) is 0.636. The zero-order valence-corrected chi connectivity index (χ0v) is 10.4. The van der Waals surface area contributed by atoms with E-state index < -0.39 is 6.10 Å². The Kier molecular flexibility index (Phi) is 3.95. The van der Waals surface area contributed by atoms with Gasteiger partial charge in [-0.1, -0.05) is 19.0 Å². The number of aromatic nitrogens is 1. The molecule has 7 nitrogen and oxygen atoms in total. The van der Waals surface area contributed by atoms with Gasteiger partial charge in [-0.05, 0) is 5.92 Å². The van der Waals surface area contributed by atoms with E-state index in [-0.39, 0.29) is 25.0 Å². The van der Waals surface area contributed by atoms with Crippen LogP contribution in [0.2, 0.25) is 0 Å². The molecule has 1 fully saturated rings. The lowest BCUT2D eigenvalue weighted by atomic mass is 10.1. The van der Waals surface area contributed by atoms with Crippen molar-refractivity contribution in [3.63, 3.8) is 0 Å². The topological polar surface area (TPSA) is 87.8 Å². The van der Waals surface area contributed by atoms with Crippen LogP contribution in [-0.2, 0) is 9.63 Å². The minimum Gasteiger partial charge on any atom is -0.389 e. The Hall–Kier alpha value is -1.44. The van der Waals surface area contributed by atoms with Crippen LogP contribution in [0.5, 0.6) is 0 Å². The molecule has 100 valence electrons. The summed E-state index contributed by atoms with van der Waals surface area (Å²) < 4.78 is 4.99. The Balaban J connectivity index is 1.83. The molecule has 1 aromatic rings. The number of nitrogens with one attached hydrogen (secondary N) is 1. The van der Waals surface area contributed by atoms with E-state index in [1.807, 2.05) is 13.8 Å². The van der Waals surface area contributed by atoms with Crippen LogP contribution in [0.4, 0.5) is 5.88 Å². The Morgan fingerprint density at radius 1 is 1.72 bits per heavy atom. The van der Waals surface area contributed by atoms with Gasteiger partial charge in [-0.2, -0.15) is 5.06 Å². The van der Waals surface area contributed by atoms with Gasteiger partial charge in [-0.25, -0.2) is 0 Å². The Bertz CT molecular complexity index is 418. The maximum Gasteiger partial charge on any atom is 0.243 e. The summed E-state index contributed by atoms with van der Waals surface area (Å²) in [5.41, 5.74) is 0.790. The van der Waals surface area contributed by atoms with Crippen LogP contribution in [0.25, 0.3) is 0 Å². The molecule has 1 atom stereocenters. The van der Waals surface area contributed by atoms with Gasteiger partial charge in [0, 0.05) is 6.07 Å². The van der Waals surface area contributed by atoms with Gasteiger partial charge in [0.05, 0.1) is 24.9 Å². The molecule has 0 aliphatic carbocycles. The predicted molar refractivity (Wildman–Crippen MR) is 62.8 cm³/mol. The fourth-order valence-corrected chi connectivity index (χ4v) is 1.60. The van der Waals surface area contributed by atoms with Gasteiger partial charge in [0.25, 0.3) is 0 Å². The summed E-state index contributed by atoms with van der Waals surface area (Å²) in [5.74, 6) is 0.301. The standard InChI is InChI=1S/C11H17N3O4/c1-7(2)9-3-11(18-13-9)12-10(16)5-14-4-8(15)6-17-14/h3,7-8,15H,4-6H2,1-2H3,(H,12,16). The van der Waals surface area contributed by atoms with E-state index in [9.17, 15) is 9.90 Å². The van der Waals surface area contributed by atoms with Crippen molar-refractivity contribution in [2.45, 2.75) is 25.9 Å². The van der Waals surface area contributed by atoms with E-state index in [1.54, 1.807) is 6.07 Å². The lowest BCUT2D eigenvalue weighted by Crippen LogP contribution is -2.31. The summed E-state index contributed by atoms with van der Waals surface area (Å²) >= 11 is 0. The summed E-state index contributed by atoms with van der Waals surface area (Å²) in [5, 5.41) is 17.1. The number of hydrogen-bond donors (Lipinski definition) is 2. The predicted octanol–water partition coefficient (Wildman–Crippen LogP) is 0.345. The first-order valence-corrected chi connectivity index (χ1v) is 5.87. The van der Waals surface area contributed by atoms with E-state index >= 15 is 0 Å². The molecule has 0 spiro atoms. The number of hydrogen-bond acceptors (Lipinski definition) is 6. The lowest BCUT2D eigenvalue weighted by molar-refractivity contribution is -0.138. The first kappa shape index (κ1) is 13.0. The highest BCUT2D eigenvalue weighted by Crippen LogP contribution is 2.17. The number of β-amino-alcohol motifs (C(OH)–C–C–N with tert-alkyl or cyclic N) is 1. The third-order valence-corrected chi connectivity index (χ3v) is 2.57. The second kappa shape index (κ2) is 5.47. The molecule has 1 aromatic heterocycles. The lowest BCUT2D eigenvalue weighted by Gasteiger charge is -2.11. The molecule has 0 aromatic carbocycles. The summed E-state index contributed by atoms with van der Waals surface area (Å²) in [6.45, 7) is 4.59. The average Bonchev–Trinajstić information content (AvgIpc) is 2.88. The largest absolute Gasteiger partial charge is 0.389 e. The van der Waals surface area contributed by atoms with Crippen LogP contribution in [0.3, 0.4) is 0 Å². The van der Waals surface area contributed by atoms with Gasteiger partial charge in [-0.15, -0.1) is 0 Å². The molecule has 2 heterocycles. The van der Waals surface area contributed by atoms with Gasteiger partial charge < -0.3 is 9.63 Å². The highest BCUT2D eigenvalue weighted by Gasteiger charge is 2.23. The number of hydroxylamine groups is 2. The van der Waals surface area contributed by atoms with Crippen molar-refractivity contribution in [2.24, 2.45) is 0 Å². The molecule has 2 rings (SSSR count). The molecular formula is C11H17N3O4. The zero-order chi connectivity index (χ0) is 13.1. The molecule has 1 amide bonds. The molecule has 18 heavy (non-hydrogen) atoms. The zero-order valence-electron chi connectivity index (χ0n) is 10.4. The third kappa shape index (κ3) is 3.28. The molecule has 1 unspecified atom stereocenters. The van der Waals surface area contributed by atoms with Gasteiger partial charge >= 0.3 is 0 Å². The molecule has 1 saturated heterocycles. The summed E-state index contributed by atoms with van der Waals surface area (Å²) in [6.07, 6.45) is -0.532. The molecular weight excluding hydrogens is 238 g/mol. The highest BCUT2D eigenvalue weighted by molar-refractivity contribution is 5.90. The Morgan fingerprint density at radius 3 is 3.06 bits per heavy atom. The number of nitrogens with zero attached hydrogens (tertiary/aromatic N) is 2. The second-order valence-corrected chi connectivity index (χ2v) is 4.59. The minimum atomic E-state index is -0.532. The first-order valence-electron chi connectivity index (χ1n) is 5.87. The smallest absolute Gasteiger partial charge is 0.243 e. The van der Waals surface area contributed by atoms with E-state index in [0.717, 1.165) is 5.69 Å². The monoisotopic (exact) mass is 255 g/mol. The van der Waals surface area contributed by atoms with E-state index in [1.165, 1.54) is 5.06 Å². The van der Waals surface area contributed by atoms with Crippen molar-refractivity contribution < 1.29 is 19.3 Å². The number of aliphatic hydroxyl groups excluding tert-OH is 1. The highest BCUT2D eigenvalue weighted by atomic mass is 16.7. The summed E-state index contributed by atoms with van der Waals surface area (Å²) in [4.78, 5) is 16.7. The fourth-order valence-electron chi connectivity index (χ4n) is 1.60. The molecule has 2 N–H and O–H groups in total. The SMILES string of the molecule is CC(C)c1cc(NC(=O)CN2CC(O)CO2)on1. The van der Waals surface area contributed by atoms with Crippen molar-refractivity contribution in [3.05, 3.63) is 11.8 Å². The number of aliphatic hydroxyl groups is 1. The average molecular weight is 255 g/mol. The second-order valence-electron chi connectivity index (χ2n) is 4.59. The van der Waals surface area contributed by atoms with Crippen LogP contribution in [0.1, 0.15) is 25.5 Å². The van der Waals surface area contributed by atoms with Crippen LogP contribution < -0.4 is 5.32 Å². The normalized spacial score (nSPS) is 20.6. The van der Waals surface area contributed by atoms with E-state index in [2.05, 4.69) is 10.5 Å². The van der Waals surface area contributed by atoms with Gasteiger partial charge in [-0.3, -0.25) is 14.9 Å². The van der Waals surface area contributed by atoms with Gasteiger partial charge in [0.15, 0.2) is 0 Å². The minimum absolute atomic E-state index is 0.0504. The molecule has 0 radical (unpaired) electrons. The Morgan fingerprint density at radius 2 is 2.50 bits per heavy atom. The molecule has 1 aliphatic rings. The van der Waals surface area contributed by atoms with Crippen LogP contribution in [-0.4, -0.2) is 47.0 Å². The number of amides is 1. The van der Waals surface area contributed by atoms with Crippen molar-refractivity contribution >= 4 is 11.8 Å². The third-order valence-electron chi connectivity index (χ3n) is 2.57. The maximum atomic E-state index is 11.7. The summed E-state index contributed by atoms with van der Waals surface area (Å²) in [6, 6.07) is 1.70. The van der Waals surface area contributed by atoms with Gasteiger partial charge in [0.2, 0.25) is 11.8 Å². The molecule has 0 bridgehead atoms. The van der Waals surface area contributed by atoms with Crippen molar-refractivity contribution in [1.82, 2.24) is 10.2 Å². The number of carbonyl (C=O) groups is 1. The number of rotatable bonds is 4. The van der Waals surface area contributed by atoms with E-state index in [0.29, 0.717) is 12.4 Å². The van der Waals surface area contributed by atoms with Crippen molar-refractivity contribution in [2.75, 3.05) is 25.0 Å². The van der Waals surface area contributed by atoms with E-state index in [4.69, 9.17) is 9.36 Å². The first-order chi connectivity index (χ1) is 8.54. The van der Waals surface area contributed by atoms with Crippen molar-refractivity contribution in [1.29, 1.82) is 0 Å². The quantitative estimate of drug-likeness (QED) is 0.807. The van der Waals surface area contributed by atoms with Crippen molar-refractivity contribution in [3.8, 4) is 0 Å². The maximum absolute atomic E-state index is 11.7. The molecule has 1 aliphatic heterocycles. The number of anilines is 1. The van der Waals surface area contributed by atoms with Crippen LogP contribution in [0.15, 0.2) is 10.6 Å². The van der Waals surface area contributed by atoms with Crippen LogP contribution >= 0.6 is 0 Å². The molecule has 7 heteroatoms. The Labute approximate surface area is 105 Å².